The predicted molar refractivity (Wildman–Crippen MR) is 84.6 cm³/mol. The van der Waals surface area contributed by atoms with Crippen molar-refractivity contribution < 1.29 is 8.42 Å². The second kappa shape index (κ2) is 6.89. The number of hydrogen-bond donors (Lipinski definition) is 3. The summed E-state index contributed by atoms with van der Waals surface area (Å²) in [6.45, 7) is 12.9. The van der Waals surface area contributed by atoms with E-state index in [4.69, 9.17) is 0 Å². The zero-order valence-electron chi connectivity index (χ0n) is 13.9. The van der Waals surface area contributed by atoms with Gasteiger partial charge in [0.25, 0.3) is 0 Å². The van der Waals surface area contributed by atoms with Crippen LogP contribution >= 0.6 is 0 Å². The molecule has 0 bridgehead atoms. The highest BCUT2D eigenvalue weighted by Crippen LogP contribution is 2.20. The van der Waals surface area contributed by atoms with Gasteiger partial charge < -0.3 is 5.32 Å². The SMILES string of the molecule is Cc1[nH]nc(CNC(C)C)c1S(=O)(=O)NCCC(C)(C)C. The monoisotopic (exact) mass is 316 g/mol. The van der Waals surface area contributed by atoms with Crippen LogP contribution in [-0.2, 0) is 16.6 Å². The van der Waals surface area contributed by atoms with Crippen LogP contribution in [0.3, 0.4) is 0 Å². The normalized spacial score (nSPS) is 13.1. The standard InChI is InChI=1S/C14H28N4O2S/c1-10(2)15-9-12-13(11(3)17-18-12)21(19,20)16-8-7-14(4,5)6/h10,15-16H,7-9H2,1-6H3,(H,17,18). The molecule has 0 amide bonds. The number of H-pyrrole nitrogens is 1. The minimum absolute atomic E-state index is 0.0932. The molecule has 0 aliphatic carbocycles. The molecule has 0 radical (unpaired) electrons. The molecule has 0 saturated carbocycles. The van der Waals surface area contributed by atoms with Gasteiger partial charge in [0.15, 0.2) is 0 Å². The molecule has 0 atom stereocenters. The minimum atomic E-state index is -3.53. The summed E-state index contributed by atoms with van der Waals surface area (Å²) in [6.07, 6.45) is 0.780. The molecule has 6 nitrogen and oxygen atoms in total. The molecule has 3 N–H and O–H groups in total. The molecule has 0 unspecified atom stereocenters. The van der Waals surface area contributed by atoms with E-state index in [1.807, 2.05) is 13.8 Å². The van der Waals surface area contributed by atoms with E-state index in [9.17, 15) is 8.42 Å². The van der Waals surface area contributed by atoms with Gasteiger partial charge in [0.2, 0.25) is 10.0 Å². The summed E-state index contributed by atoms with van der Waals surface area (Å²) in [4.78, 5) is 0.268. The van der Waals surface area contributed by atoms with Crippen molar-refractivity contribution in [2.24, 2.45) is 5.41 Å². The molecule has 7 heteroatoms. The van der Waals surface area contributed by atoms with Crippen LogP contribution in [0.4, 0.5) is 0 Å². The predicted octanol–water partition coefficient (Wildman–Crippen LogP) is 1.93. The molecule has 0 aliphatic heterocycles. The lowest BCUT2D eigenvalue weighted by Gasteiger charge is -2.18. The van der Waals surface area contributed by atoms with E-state index in [0.29, 0.717) is 24.5 Å². The lowest BCUT2D eigenvalue weighted by atomic mass is 9.93. The molecule has 0 aliphatic rings. The Bertz CT molecular complexity index is 556. The van der Waals surface area contributed by atoms with Crippen LogP contribution in [-0.4, -0.2) is 31.2 Å². The Balaban J connectivity index is 2.85. The highest BCUT2D eigenvalue weighted by atomic mass is 32.2. The van der Waals surface area contributed by atoms with Crippen LogP contribution in [0, 0.1) is 12.3 Å². The van der Waals surface area contributed by atoms with E-state index in [1.165, 1.54) is 0 Å². The van der Waals surface area contributed by atoms with Crippen LogP contribution in [0.25, 0.3) is 0 Å². The number of aromatic nitrogens is 2. The minimum Gasteiger partial charge on any atom is -0.309 e. The van der Waals surface area contributed by atoms with Gasteiger partial charge in [0, 0.05) is 19.1 Å². The Morgan fingerprint density at radius 3 is 2.43 bits per heavy atom. The Labute approximate surface area is 128 Å². The number of nitrogens with one attached hydrogen (secondary N) is 3. The van der Waals surface area contributed by atoms with Gasteiger partial charge in [0.05, 0.1) is 11.4 Å². The lowest BCUT2D eigenvalue weighted by Crippen LogP contribution is -2.29. The summed E-state index contributed by atoms with van der Waals surface area (Å²) in [6, 6.07) is 0.270. The first kappa shape index (κ1) is 18.1. The van der Waals surface area contributed by atoms with E-state index >= 15 is 0 Å². The van der Waals surface area contributed by atoms with Crippen molar-refractivity contribution in [1.82, 2.24) is 20.2 Å². The molecular formula is C14H28N4O2S. The van der Waals surface area contributed by atoms with Crippen molar-refractivity contribution in [2.45, 2.75) is 65.4 Å². The Hall–Kier alpha value is -0.920. The van der Waals surface area contributed by atoms with E-state index < -0.39 is 10.0 Å². The van der Waals surface area contributed by atoms with Gasteiger partial charge in [-0.15, -0.1) is 0 Å². The van der Waals surface area contributed by atoms with Crippen LogP contribution in [0.15, 0.2) is 4.90 Å². The Morgan fingerprint density at radius 1 is 1.29 bits per heavy atom. The summed E-state index contributed by atoms with van der Waals surface area (Å²) in [5.41, 5.74) is 1.19. The second-order valence-corrected chi connectivity index (χ2v) is 8.57. The quantitative estimate of drug-likeness (QED) is 0.717. The van der Waals surface area contributed by atoms with Crippen molar-refractivity contribution in [3.05, 3.63) is 11.4 Å². The second-order valence-electron chi connectivity index (χ2n) is 6.87. The topological polar surface area (TPSA) is 86.9 Å². The van der Waals surface area contributed by atoms with Crippen molar-refractivity contribution in [1.29, 1.82) is 0 Å². The van der Waals surface area contributed by atoms with Crippen LogP contribution < -0.4 is 10.0 Å². The highest BCUT2D eigenvalue weighted by molar-refractivity contribution is 7.89. The van der Waals surface area contributed by atoms with E-state index in [2.05, 4.69) is 41.0 Å². The fourth-order valence-corrected chi connectivity index (χ4v) is 3.27. The van der Waals surface area contributed by atoms with E-state index in [1.54, 1.807) is 6.92 Å². The molecule has 21 heavy (non-hydrogen) atoms. The van der Waals surface area contributed by atoms with Gasteiger partial charge in [-0.25, -0.2) is 13.1 Å². The molecule has 1 aromatic rings. The summed E-state index contributed by atoms with van der Waals surface area (Å²) in [5.74, 6) is 0. The maximum absolute atomic E-state index is 12.5. The van der Waals surface area contributed by atoms with Crippen molar-refractivity contribution in [3.8, 4) is 0 Å². The first-order valence-corrected chi connectivity index (χ1v) is 8.78. The van der Waals surface area contributed by atoms with Gasteiger partial charge in [0.1, 0.15) is 4.90 Å². The Kier molecular flexibility index (Phi) is 5.95. The molecule has 1 heterocycles. The van der Waals surface area contributed by atoms with Gasteiger partial charge >= 0.3 is 0 Å². The third kappa shape index (κ3) is 5.76. The largest absolute Gasteiger partial charge is 0.309 e. The van der Waals surface area contributed by atoms with Gasteiger partial charge in [-0.2, -0.15) is 5.10 Å². The maximum atomic E-state index is 12.5. The van der Waals surface area contributed by atoms with E-state index in [0.717, 1.165) is 6.42 Å². The lowest BCUT2D eigenvalue weighted by molar-refractivity contribution is 0.378. The highest BCUT2D eigenvalue weighted by Gasteiger charge is 2.24. The number of sulfonamides is 1. The molecule has 1 aromatic heterocycles. The average Bonchev–Trinajstić information content (AvgIpc) is 2.66. The molecular weight excluding hydrogens is 288 g/mol. The first-order valence-electron chi connectivity index (χ1n) is 7.30. The number of aromatic amines is 1. The molecule has 1 rings (SSSR count). The van der Waals surface area contributed by atoms with Crippen molar-refractivity contribution in [2.75, 3.05) is 6.54 Å². The summed E-state index contributed by atoms with van der Waals surface area (Å²) in [5, 5.41) is 10.1. The molecule has 122 valence electrons. The van der Waals surface area contributed by atoms with Gasteiger partial charge in [-0.1, -0.05) is 34.6 Å². The van der Waals surface area contributed by atoms with Crippen molar-refractivity contribution >= 4 is 10.0 Å². The zero-order chi connectivity index (χ0) is 16.3. The van der Waals surface area contributed by atoms with Crippen molar-refractivity contribution in [3.63, 3.8) is 0 Å². The maximum Gasteiger partial charge on any atom is 0.244 e. The molecule has 0 fully saturated rings. The van der Waals surface area contributed by atoms with Crippen LogP contribution in [0.5, 0.6) is 0 Å². The number of rotatable bonds is 7. The average molecular weight is 316 g/mol. The third-order valence-electron chi connectivity index (χ3n) is 3.07. The fraction of sp³-hybridized carbons (Fsp3) is 0.786. The van der Waals surface area contributed by atoms with E-state index in [-0.39, 0.29) is 16.4 Å². The number of aryl methyl sites for hydroxylation is 1. The summed E-state index contributed by atoms with van der Waals surface area (Å²) < 4.78 is 27.6. The van der Waals surface area contributed by atoms with Crippen LogP contribution in [0.2, 0.25) is 0 Å². The fourth-order valence-electron chi connectivity index (χ4n) is 1.88. The molecule has 0 spiro atoms. The zero-order valence-corrected chi connectivity index (χ0v) is 14.7. The molecule has 0 saturated heterocycles. The number of nitrogens with zero attached hydrogens (tertiary/aromatic N) is 1. The summed E-state index contributed by atoms with van der Waals surface area (Å²) in [7, 11) is -3.53. The number of hydrogen-bond acceptors (Lipinski definition) is 4. The summed E-state index contributed by atoms with van der Waals surface area (Å²) >= 11 is 0. The smallest absolute Gasteiger partial charge is 0.244 e. The first-order chi connectivity index (χ1) is 9.53. The third-order valence-corrected chi connectivity index (χ3v) is 4.74. The molecule has 0 aromatic carbocycles. The van der Waals surface area contributed by atoms with Crippen LogP contribution in [0.1, 0.15) is 52.4 Å². The van der Waals surface area contributed by atoms with Gasteiger partial charge in [-0.05, 0) is 18.8 Å². The Morgan fingerprint density at radius 2 is 1.90 bits per heavy atom. The van der Waals surface area contributed by atoms with Gasteiger partial charge in [-0.3, -0.25) is 5.10 Å².